The normalized spacial score (nSPS) is 9.81. The molecule has 0 aliphatic heterocycles. The predicted molar refractivity (Wildman–Crippen MR) is 110 cm³/mol. The van der Waals surface area contributed by atoms with Crippen LogP contribution in [0.4, 0.5) is 22.7 Å². The molecule has 32 heavy (non-hydrogen) atoms. The minimum atomic E-state index is -0.602. The average Bonchev–Trinajstić information content (AvgIpc) is 2.73. The number of hydrogen-bond donors (Lipinski definition) is 6. The number of benzene rings is 2. The van der Waals surface area contributed by atoms with Crippen molar-refractivity contribution in [3.8, 4) is 0 Å². The summed E-state index contributed by atoms with van der Waals surface area (Å²) in [5.74, 6) is -1.09. The van der Waals surface area contributed by atoms with Gasteiger partial charge in [-0.3, -0.25) is 31.0 Å². The van der Waals surface area contributed by atoms with Gasteiger partial charge in [-0.2, -0.15) is 0 Å². The summed E-state index contributed by atoms with van der Waals surface area (Å²) in [6.07, 6.45) is 0. The van der Waals surface area contributed by atoms with Gasteiger partial charge in [0.25, 0.3) is 11.4 Å². The highest BCUT2D eigenvalue weighted by Gasteiger charge is 2.18. The van der Waals surface area contributed by atoms with E-state index in [0.29, 0.717) is 11.1 Å². The Kier molecular flexibility index (Phi) is 7.37. The van der Waals surface area contributed by atoms with Crippen LogP contribution in [0, 0.1) is 49.8 Å². The molecule has 0 aromatic heterocycles. The second-order valence-electron chi connectivity index (χ2n) is 6.12. The summed E-state index contributed by atoms with van der Waals surface area (Å²) in [6, 6.07) is 7.94. The lowest BCUT2D eigenvalue weighted by atomic mass is 10.2. The minimum Gasteiger partial charge on any atom is -0.323 e. The van der Waals surface area contributed by atoms with Crippen LogP contribution in [0.3, 0.4) is 0 Å². The summed E-state index contributed by atoms with van der Waals surface area (Å²) in [4.78, 5) is 40.7. The van der Waals surface area contributed by atoms with Gasteiger partial charge in [0.05, 0.1) is 21.2 Å². The lowest BCUT2D eigenvalue weighted by Crippen LogP contribution is -2.38. The highest BCUT2D eigenvalue weighted by atomic mass is 17.1. The number of non-ortho nitro benzene ring substituents is 2. The fraction of sp³-hybridized carbons (Fsp3) is 0.125. The zero-order valence-corrected chi connectivity index (χ0v) is 16.7. The summed E-state index contributed by atoms with van der Waals surface area (Å²) >= 11 is 0. The van der Waals surface area contributed by atoms with Crippen LogP contribution in [0.1, 0.15) is 11.1 Å². The van der Waals surface area contributed by atoms with Gasteiger partial charge in [-0.15, -0.1) is 11.0 Å². The first-order chi connectivity index (χ1) is 15.1. The number of nitrogens with zero attached hydrogens (tertiary/aromatic N) is 3. The minimum absolute atomic E-state index is 0.199. The van der Waals surface area contributed by atoms with Crippen molar-refractivity contribution in [1.29, 1.82) is 10.8 Å². The first-order valence-electron chi connectivity index (χ1n) is 8.61. The lowest BCUT2D eigenvalue weighted by molar-refractivity contribution is -0.997. The van der Waals surface area contributed by atoms with Crippen molar-refractivity contribution >= 4 is 34.7 Å². The SMILES string of the molecule is Cc1ccc([N+](=O)[O-])cc1NC(=N)NO[N+](=O)ONC(=N)Nc1cc([N+](=O)[O-])ccc1C. The molecule has 0 unspecified atom stereocenters. The Morgan fingerprint density at radius 3 is 1.50 bits per heavy atom. The quantitative estimate of drug-likeness (QED) is 0.149. The molecule has 0 saturated heterocycles. The van der Waals surface area contributed by atoms with Crippen LogP contribution < -0.4 is 21.6 Å². The maximum Gasteiger partial charge on any atom is 0.531 e. The molecule has 168 valence electrons. The zero-order valence-electron chi connectivity index (χ0n) is 16.7. The van der Waals surface area contributed by atoms with E-state index in [9.17, 15) is 25.1 Å². The smallest absolute Gasteiger partial charge is 0.323 e. The molecule has 0 amide bonds. The van der Waals surface area contributed by atoms with Gasteiger partial charge in [-0.25, -0.2) is 0 Å². The summed E-state index contributed by atoms with van der Waals surface area (Å²) in [5, 5.41) is 41.4. The third-order valence-corrected chi connectivity index (χ3v) is 3.83. The van der Waals surface area contributed by atoms with E-state index in [4.69, 9.17) is 10.8 Å². The molecule has 0 bridgehead atoms. The predicted octanol–water partition coefficient (Wildman–Crippen LogP) is 2.16. The maximum atomic E-state index is 11.5. The molecule has 2 aromatic rings. The van der Waals surface area contributed by atoms with E-state index >= 15 is 0 Å². The Morgan fingerprint density at radius 1 is 0.781 bits per heavy atom. The highest BCUT2D eigenvalue weighted by molar-refractivity contribution is 5.92. The number of aryl methyl sites for hydroxylation is 2. The standard InChI is InChI=1S/C16H18N9O7/c1-9-3-5-11(23(26)27)7-13(9)19-15(17)21-31-25(30)32-22-16(18)20-14-8-12(24(28)29)6-4-10(14)2/h3-8H,1-2H3,(H3,17,19,21)(H3,18,20,22)/q+1. The third-order valence-electron chi connectivity index (χ3n) is 3.83. The summed E-state index contributed by atoms with van der Waals surface area (Å²) in [5.41, 5.74) is 5.04. The van der Waals surface area contributed by atoms with Gasteiger partial charge in [0.15, 0.2) is 0 Å². The molecule has 2 rings (SSSR count). The first-order valence-corrected chi connectivity index (χ1v) is 8.61. The van der Waals surface area contributed by atoms with Crippen molar-refractivity contribution in [2.75, 3.05) is 10.6 Å². The van der Waals surface area contributed by atoms with Gasteiger partial charge in [0.1, 0.15) is 4.91 Å². The summed E-state index contributed by atoms with van der Waals surface area (Å²) < 4.78 is 0. The van der Waals surface area contributed by atoms with E-state index in [0.717, 1.165) is 0 Å². The van der Waals surface area contributed by atoms with Gasteiger partial charge in [0, 0.05) is 24.3 Å². The van der Waals surface area contributed by atoms with Crippen LogP contribution in [-0.2, 0) is 9.88 Å². The van der Waals surface area contributed by atoms with Crippen molar-refractivity contribution in [1.82, 2.24) is 11.0 Å². The molecule has 0 heterocycles. The van der Waals surface area contributed by atoms with Crippen LogP contribution in [0.2, 0.25) is 0 Å². The van der Waals surface area contributed by atoms with E-state index in [1.165, 1.54) is 36.4 Å². The average molecular weight is 448 g/mol. The van der Waals surface area contributed by atoms with Crippen molar-refractivity contribution in [3.63, 3.8) is 0 Å². The van der Waals surface area contributed by atoms with Crippen LogP contribution in [0.5, 0.6) is 0 Å². The van der Waals surface area contributed by atoms with Gasteiger partial charge >= 0.3 is 5.09 Å². The number of nitro benzene ring substituents is 2. The number of anilines is 2. The van der Waals surface area contributed by atoms with Crippen molar-refractivity contribution < 1.29 is 24.8 Å². The molecule has 0 radical (unpaired) electrons. The molecule has 0 spiro atoms. The van der Waals surface area contributed by atoms with Crippen LogP contribution in [-0.4, -0.2) is 26.9 Å². The van der Waals surface area contributed by atoms with E-state index in [1.54, 1.807) is 13.8 Å². The first kappa shape index (κ1) is 23.3. The number of rotatable bonds is 8. The summed E-state index contributed by atoms with van der Waals surface area (Å²) in [6.45, 7) is 3.30. The Bertz CT molecular complexity index is 1010. The molecule has 0 saturated carbocycles. The number of hydrogen-bond acceptors (Lipinski definition) is 9. The van der Waals surface area contributed by atoms with E-state index in [1.807, 2.05) is 11.0 Å². The Morgan fingerprint density at radius 2 is 1.16 bits per heavy atom. The monoisotopic (exact) mass is 448 g/mol. The molecule has 0 atom stereocenters. The van der Waals surface area contributed by atoms with E-state index in [-0.39, 0.29) is 22.7 Å². The third kappa shape index (κ3) is 6.51. The molecular weight excluding hydrogens is 430 g/mol. The number of nitrogens with one attached hydrogen (secondary N) is 6. The van der Waals surface area contributed by atoms with Gasteiger partial charge in [-0.1, -0.05) is 12.1 Å². The van der Waals surface area contributed by atoms with Gasteiger partial charge < -0.3 is 10.6 Å². The highest BCUT2D eigenvalue weighted by Crippen LogP contribution is 2.22. The number of nitro groups is 2. The van der Waals surface area contributed by atoms with Crippen LogP contribution >= 0.6 is 0 Å². The molecule has 6 N–H and O–H groups in total. The second-order valence-corrected chi connectivity index (χ2v) is 6.12. The van der Waals surface area contributed by atoms with Crippen molar-refractivity contribution in [3.05, 3.63) is 72.7 Å². The molecule has 2 aromatic carbocycles. The van der Waals surface area contributed by atoms with Gasteiger partial charge in [-0.05, 0) is 34.9 Å². The van der Waals surface area contributed by atoms with Gasteiger partial charge in [0.2, 0.25) is 11.9 Å². The molecular formula is C16H18N9O7+. The maximum absolute atomic E-state index is 11.5. The largest absolute Gasteiger partial charge is 0.531 e. The number of hydroxylamine groups is 2. The molecule has 16 nitrogen and oxygen atoms in total. The van der Waals surface area contributed by atoms with Crippen LogP contribution in [0.25, 0.3) is 0 Å². The topological polar surface area (TPSA) is 221 Å². The zero-order chi connectivity index (χ0) is 23.8. The number of guanidine groups is 2. The Labute approximate surface area is 179 Å². The summed E-state index contributed by atoms with van der Waals surface area (Å²) in [7, 11) is 0. The fourth-order valence-electron chi connectivity index (χ4n) is 2.22. The Hall–Kier alpha value is -5.02. The lowest BCUT2D eigenvalue weighted by Gasteiger charge is -2.09. The molecule has 0 aliphatic rings. The van der Waals surface area contributed by atoms with Crippen LogP contribution in [0.15, 0.2) is 36.4 Å². The van der Waals surface area contributed by atoms with E-state index < -0.39 is 26.9 Å². The van der Waals surface area contributed by atoms with Crippen molar-refractivity contribution in [2.45, 2.75) is 13.8 Å². The fourth-order valence-corrected chi connectivity index (χ4v) is 2.22. The molecule has 16 heteroatoms. The molecule has 0 fully saturated rings. The van der Waals surface area contributed by atoms with Crippen molar-refractivity contribution in [2.24, 2.45) is 0 Å². The van der Waals surface area contributed by atoms with E-state index in [2.05, 4.69) is 20.5 Å². The molecule has 0 aliphatic carbocycles. The second kappa shape index (κ2) is 10.1. The Balaban J connectivity index is 1.81.